The van der Waals surface area contributed by atoms with Crippen LogP contribution in [0.2, 0.25) is 0 Å². The molecule has 0 aromatic heterocycles. The summed E-state index contributed by atoms with van der Waals surface area (Å²) in [5.41, 5.74) is 0.449. The van der Waals surface area contributed by atoms with Gasteiger partial charge in [0.15, 0.2) is 0 Å². The molecule has 1 aliphatic rings. The number of nitrogens with one attached hydrogen (secondary N) is 1. The number of para-hydroxylation sites is 1. The number of β-amino-alcohol motifs (C(OH)–C–C–N with tert-alkyl or cyclic N) is 1. The lowest BCUT2D eigenvalue weighted by Crippen LogP contribution is -2.42. The number of aliphatic hydroxyl groups is 1. The van der Waals surface area contributed by atoms with Crippen LogP contribution in [0.4, 0.5) is 0 Å². The number of carbonyl (C=O) groups excluding carboxylic acids is 1. The van der Waals surface area contributed by atoms with Gasteiger partial charge in [0.1, 0.15) is 5.75 Å². The van der Waals surface area contributed by atoms with E-state index in [2.05, 4.69) is 5.32 Å². The van der Waals surface area contributed by atoms with Crippen LogP contribution in [0.1, 0.15) is 17.3 Å². The van der Waals surface area contributed by atoms with Gasteiger partial charge in [-0.15, -0.1) is 24.8 Å². The van der Waals surface area contributed by atoms with E-state index in [-0.39, 0.29) is 37.3 Å². The highest BCUT2D eigenvalue weighted by molar-refractivity contribution is 5.97. The summed E-state index contributed by atoms with van der Waals surface area (Å²) in [5.74, 6) is -1.16. The first-order valence-corrected chi connectivity index (χ1v) is 4.37. The molecular formula is C10H13Cl2NO3. The van der Waals surface area contributed by atoms with Crippen LogP contribution in [0.5, 0.6) is 5.75 Å². The fraction of sp³-hybridized carbons (Fsp3) is 0.300. The summed E-state index contributed by atoms with van der Waals surface area (Å²) in [4.78, 5) is 11.5. The highest BCUT2D eigenvalue weighted by Gasteiger charge is 2.29. The van der Waals surface area contributed by atoms with Gasteiger partial charge in [-0.05, 0) is 12.1 Å². The molecule has 16 heavy (non-hydrogen) atoms. The third-order valence-electron chi connectivity index (χ3n) is 2.04. The van der Waals surface area contributed by atoms with Crippen LogP contribution >= 0.6 is 24.8 Å². The molecule has 1 heterocycles. The lowest BCUT2D eigenvalue weighted by molar-refractivity contribution is -0.114. The predicted molar refractivity (Wildman–Crippen MR) is 64.5 cm³/mol. The van der Waals surface area contributed by atoms with E-state index in [9.17, 15) is 9.90 Å². The Hall–Kier alpha value is -0.970. The molecular weight excluding hydrogens is 253 g/mol. The van der Waals surface area contributed by atoms with Gasteiger partial charge in [0.05, 0.1) is 12.1 Å². The molecule has 1 aliphatic heterocycles. The fourth-order valence-electron chi connectivity index (χ4n) is 1.36. The Labute approximate surface area is 106 Å². The van der Waals surface area contributed by atoms with Gasteiger partial charge in [-0.2, -0.15) is 0 Å². The Bertz CT molecular complexity index is 382. The summed E-state index contributed by atoms with van der Waals surface area (Å²) in [5, 5.41) is 12.3. The Morgan fingerprint density at radius 1 is 1.38 bits per heavy atom. The lowest BCUT2D eigenvalue weighted by Gasteiger charge is -2.21. The molecule has 0 saturated carbocycles. The average molecular weight is 266 g/mol. The van der Waals surface area contributed by atoms with Crippen molar-refractivity contribution in [2.24, 2.45) is 0 Å². The third kappa shape index (κ3) is 3.01. The zero-order valence-electron chi connectivity index (χ0n) is 8.60. The maximum Gasteiger partial charge on any atom is 0.255 e. The average Bonchev–Trinajstić information content (AvgIpc) is 2.25. The van der Waals surface area contributed by atoms with E-state index in [0.717, 1.165) is 0 Å². The molecule has 0 saturated heterocycles. The van der Waals surface area contributed by atoms with E-state index >= 15 is 0 Å². The molecule has 2 rings (SSSR count). The Balaban J connectivity index is 0.00000112. The van der Waals surface area contributed by atoms with Crippen molar-refractivity contribution in [2.45, 2.75) is 12.7 Å². The van der Waals surface area contributed by atoms with Crippen LogP contribution in [0, 0.1) is 0 Å². The molecule has 1 amide bonds. The first-order chi connectivity index (χ1) is 6.58. The smallest absolute Gasteiger partial charge is 0.255 e. The number of carbonyl (C=O) groups is 1. The summed E-state index contributed by atoms with van der Waals surface area (Å²) in [6.45, 7) is 1.59. The fourth-order valence-corrected chi connectivity index (χ4v) is 1.36. The lowest BCUT2D eigenvalue weighted by atomic mass is 10.2. The van der Waals surface area contributed by atoms with Crippen LogP contribution in [-0.4, -0.2) is 23.3 Å². The summed E-state index contributed by atoms with van der Waals surface area (Å²) < 4.78 is 5.29. The molecule has 0 radical (unpaired) electrons. The zero-order chi connectivity index (χ0) is 10.2. The number of rotatable bonds is 0. The van der Waals surface area contributed by atoms with E-state index in [4.69, 9.17) is 4.74 Å². The molecule has 4 nitrogen and oxygen atoms in total. The standard InChI is InChI=1S/C10H11NO3.2ClH/c1-10(13)6-11-9(12)7-4-2-3-5-8(7)14-10;;/h2-5,13H,6H2,1H3,(H,11,12);2*1H. The number of amides is 1. The second-order valence-corrected chi connectivity index (χ2v) is 3.46. The third-order valence-corrected chi connectivity index (χ3v) is 2.04. The van der Waals surface area contributed by atoms with Crippen molar-refractivity contribution < 1.29 is 14.6 Å². The van der Waals surface area contributed by atoms with Crippen molar-refractivity contribution in [3.63, 3.8) is 0 Å². The normalized spacial score (nSPS) is 22.5. The molecule has 0 fully saturated rings. The minimum absolute atomic E-state index is 0. The molecule has 0 bridgehead atoms. The second kappa shape index (κ2) is 5.39. The minimum Gasteiger partial charge on any atom is -0.460 e. The SMILES string of the molecule is CC1(O)CNC(=O)c2ccccc2O1.Cl.Cl. The van der Waals surface area contributed by atoms with Crippen LogP contribution in [0.15, 0.2) is 24.3 Å². The number of benzene rings is 1. The van der Waals surface area contributed by atoms with Gasteiger partial charge in [-0.3, -0.25) is 4.79 Å². The molecule has 1 atom stereocenters. The van der Waals surface area contributed by atoms with Gasteiger partial charge in [0.25, 0.3) is 5.91 Å². The number of ether oxygens (including phenoxy) is 1. The highest BCUT2D eigenvalue weighted by atomic mass is 35.5. The van der Waals surface area contributed by atoms with E-state index in [0.29, 0.717) is 11.3 Å². The van der Waals surface area contributed by atoms with Crippen molar-refractivity contribution in [3.8, 4) is 5.75 Å². The predicted octanol–water partition coefficient (Wildman–Crippen LogP) is 1.36. The number of hydrogen-bond acceptors (Lipinski definition) is 3. The van der Waals surface area contributed by atoms with Gasteiger partial charge in [0.2, 0.25) is 5.79 Å². The Morgan fingerprint density at radius 2 is 2.00 bits per heavy atom. The monoisotopic (exact) mass is 265 g/mol. The second-order valence-electron chi connectivity index (χ2n) is 3.46. The topological polar surface area (TPSA) is 58.6 Å². The van der Waals surface area contributed by atoms with Gasteiger partial charge in [-0.25, -0.2) is 0 Å². The first-order valence-electron chi connectivity index (χ1n) is 4.37. The first kappa shape index (κ1) is 15.0. The Kier molecular flexibility index (Phi) is 5.06. The zero-order valence-corrected chi connectivity index (χ0v) is 10.2. The number of hydrogen-bond donors (Lipinski definition) is 2. The molecule has 6 heteroatoms. The molecule has 1 aromatic rings. The van der Waals surface area contributed by atoms with Crippen molar-refractivity contribution in [1.29, 1.82) is 0 Å². The quantitative estimate of drug-likeness (QED) is 0.745. The van der Waals surface area contributed by atoms with Crippen molar-refractivity contribution in [1.82, 2.24) is 5.32 Å². The van der Waals surface area contributed by atoms with Crippen molar-refractivity contribution in [3.05, 3.63) is 29.8 Å². The Morgan fingerprint density at radius 3 is 2.69 bits per heavy atom. The largest absolute Gasteiger partial charge is 0.460 e. The van der Waals surface area contributed by atoms with E-state index < -0.39 is 5.79 Å². The maximum absolute atomic E-state index is 11.5. The van der Waals surface area contributed by atoms with E-state index in [1.54, 1.807) is 24.3 Å². The maximum atomic E-state index is 11.5. The molecule has 0 aliphatic carbocycles. The summed E-state index contributed by atoms with van der Waals surface area (Å²) in [7, 11) is 0. The summed E-state index contributed by atoms with van der Waals surface area (Å²) in [6, 6.07) is 6.83. The summed E-state index contributed by atoms with van der Waals surface area (Å²) >= 11 is 0. The van der Waals surface area contributed by atoms with Crippen LogP contribution in [0.25, 0.3) is 0 Å². The van der Waals surface area contributed by atoms with Gasteiger partial charge in [0, 0.05) is 6.92 Å². The highest BCUT2D eigenvalue weighted by Crippen LogP contribution is 2.24. The van der Waals surface area contributed by atoms with Gasteiger partial charge >= 0.3 is 0 Å². The van der Waals surface area contributed by atoms with E-state index in [1.165, 1.54) is 6.92 Å². The summed E-state index contributed by atoms with van der Waals surface area (Å²) in [6.07, 6.45) is 0. The van der Waals surface area contributed by atoms with Crippen LogP contribution in [0.3, 0.4) is 0 Å². The molecule has 1 unspecified atom stereocenters. The van der Waals surface area contributed by atoms with Gasteiger partial charge in [-0.1, -0.05) is 12.1 Å². The van der Waals surface area contributed by atoms with Crippen molar-refractivity contribution >= 4 is 30.7 Å². The van der Waals surface area contributed by atoms with Gasteiger partial charge < -0.3 is 15.2 Å². The molecule has 90 valence electrons. The van der Waals surface area contributed by atoms with Crippen LogP contribution < -0.4 is 10.1 Å². The number of fused-ring (bicyclic) bond motifs is 1. The van der Waals surface area contributed by atoms with E-state index in [1.807, 2.05) is 0 Å². The molecule has 1 aromatic carbocycles. The number of halogens is 2. The van der Waals surface area contributed by atoms with Crippen molar-refractivity contribution in [2.75, 3.05) is 6.54 Å². The molecule has 0 spiro atoms. The minimum atomic E-state index is -1.34. The van der Waals surface area contributed by atoms with Crippen LogP contribution in [-0.2, 0) is 0 Å². The molecule has 2 N–H and O–H groups in total.